The van der Waals surface area contributed by atoms with E-state index in [4.69, 9.17) is 18.9 Å². The number of hydrogen-bond donors (Lipinski definition) is 1. The molecule has 0 radical (unpaired) electrons. The summed E-state index contributed by atoms with van der Waals surface area (Å²) in [7, 11) is 1.50. The Labute approximate surface area is 186 Å². The van der Waals surface area contributed by atoms with E-state index in [1.54, 1.807) is 30.3 Å². The van der Waals surface area contributed by atoms with Crippen molar-refractivity contribution in [3.05, 3.63) is 77.9 Å². The van der Waals surface area contributed by atoms with Crippen LogP contribution in [0.2, 0.25) is 0 Å². The average Bonchev–Trinajstić information content (AvgIpc) is 2.79. The van der Waals surface area contributed by atoms with Crippen LogP contribution in [0.4, 0.5) is 5.69 Å². The molecule has 0 bridgehead atoms. The Bertz CT molecular complexity index is 1100. The highest BCUT2D eigenvalue weighted by atomic mass is 16.6. The third kappa shape index (κ3) is 6.25. The van der Waals surface area contributed by atoms with Gasteiger partial charge in [0.25, 0.3) is 5.91 Å². The van der Waals surface area contributed by atoms with E-state index in [0.717, 1.165) is 11.1 Å². The lowest BCUT2D eigenvalue weighted by atomic mass is 10.2. The van der Waals surface area contributed by atoms with Crippen molar-refractivity contribution in [1.29, 1.82) is 0 Å². The minimum absolute atomic E-state index is 0.174. The van der Waals surface area contributed by atoms with E-state index < -0.39 is 11.9 Å². The summed E-state index contributed by atoms with van der Waals surface area (Å²) in [5.74, 6) is 0.874. The van der Waals surface area contributed by atoms with E-state index in [9.17, 15) is 9.59 Å². The molecular formula is C25H25NO6. The third-order valence-electron chi connectivity index (χ3n) is 4.58. The van der Waals surface area contributed by atoms with Crippen molar-refractivity contribution in [2.45, 2.75) is 13.8 Å². The van der Waals surface area contributed by atoms with Crippen LogP contribution in [0.5, 0.6) is 23.0 Å². The smallest absolute Gasteiger partial charge is 0.349 e. The maximum Gasteiger partial charge on any atom is 0.349 e. The maximum atomic E-state index is 12.4. The van der Waals surface area contributed by atoms with Crippen molar-refractivity contribution in [2.75, 3.05) is 25.6 Å². The lowest BCUT2D eigenvalue weighted by Crippen LogP contribution is -2.22. The van der Waals surface area contributed by atoms with E-state index >= 15 is 0 Å². The third-order valence-corrected chi connectivity index (χ3v) is 4.58. The molecule has 0 aromatic heterocycles. The first kappa shape index (κ1) is 22.7. The molecule has 1 amide bonds. The quantitative estimate of drug-likeness (QED) is 0.398. The number of aryl methyl sites for hydroxylation is 2. The number of methoxy groups -OCH3 is 1. The number of para-hydroxylation sites is 2. The molecule has 7 heteroatoms. The zero-order valence-corrected chi connectivity index (χ0v) is 18.2. The number of carbonyl (C=O) groups excluding carboxylic acids is 2. The molecule has 0 aliphatic carbocycles. The minimum atomic E-state index is -0.606. The number of anilines is 1. The molecule has 3 aromatic carbocycles. The summed E-state index contributed by atoms with van der Waals surface area (Å²) < 4.78 is 21.7. The largest absolute Gasteiger partial charge is 0.497 e. The number of amides is 1. The lowest BCUT2D eigenvalue weighted by molar-refractivity contribution is -0.136. The molecule has 0 saturated heterocycles. The van der Waals surface area contributed by atoms with Crippen LogP contribution in [0.25, 0.3) is 0 Å². The summed E-state index contributed by atoms with van der Waals surface area (Å²) in [6.45, 7) is 3.30. The summed E-state index contributed by atoms with van der Waals surface area (Å²) in [5.41, 5.74) is 2.11. The molecule has 166 valence electrons. The van der Waals surface area contributed by atoms with Gasteiger partial charge in [0.15, 0.2) is 19.0 Å². The van der Waals surface area contributed by atoms with Gasteiger partial charge in [-0.05, 0) is 49.2 Å². The van der Waals surface area contributed by atoms with Gasteiger partial charge in [-0.15, -0.1) is 0 Å². The second-order valence-electron chi connectivity index (χ2n) is 6.99. The predicted octanol–water partition coefficient (Wildman–Crippen LogP) is 4.31. The molecule has 0 atom stereocenters. The molecule has 0 aliphatic rings. The van der Waals surface area contributed by atoms with E-state index in [1.165, 1.54) is 7.11 Å². The Morgan fingerprint density at radius 1 is 0.781 bits per heavy atom. The van der Waals surface area contributed by atoms with Gasteiger partial charge in [0, 0.05) is 6.07 Å². The molecule has 1 N–H and O–H groups in total. The Morgan fingerprint density at radius 3 is 1.97 bits per heavy atom. The molecule has 3 rings (SSSR count). The number of hydrogen-bond acceptors (Lipinski definition) is 6. The lowest BCUT2D eigenvalue weighted by Gasteiger charge is -2.14. The first-order chi connectivity index (χ1) is 15.5. The SMILES string of the molecule is COc1ccc(OC(=O)COc2ccccc2C)c(NC(=O)COc2ccccc2C)c1. The highest BCUT2D eigenvalue weighted by Gasteiger charge is 2.15. The molecule has 32 heavy (non-hydrogen) atoms. The highest BCUT2D eigenvalue weighted by Crippen LogP contribution is 2.29. The summed E-state index contributed by atoms with van der Waals surface area (Å²) >= 11 is 0. The molecule has 3 aromatic rings. The Kier molecular flexibility index (Phi) is 7.70. The number of benzene rings is 3. The molecule has 0 heterocycles. The summed E-state index contributed by atoms with van der Waals surface area (Å²) in [6.07, 6.45) is 0. The van der Waals surface area contributed by atoms with Crippen LogP contribution in [0.3, 0.4) is 0 Å². The van der Waals surface area contributed by atoms with Crippen molar-refractivity contribution in [2.24, 2.45) is 0 Å². The summed E-state index contributed by atoms with van der Waals surface area (Å²) in [6, 6.07) is 19.5. The van der Waals surface area contributed by atoms with Crippen LogP contribution in [0.1, 0.15) is 11.1 Å². The van der Waals surface area contributed by atoms with E-state index in [1.807, 2.05) is 50.2 Å². The van der Waals surface area contributed by atoms with Gasteiger partial charge in [-0.2, -0.15) is 0 Å². The van der Waals surface area contributed by atoms with Gasteiger partial charge in [-0.3, -0.25) is 4.79 Å². The zero-order valence-electron chi connectivity index (χ0n) is 18.2. The normalized spacial score (nSPS) is 10.2. The standard InChI is InChI=1S/C25H25NO6/c1-17-8-4-6-10-21(17)30-15-24(27)26-20-14-19(29-3)12-13-23(20)32-25(28)16-31-22-11-7-5-9-18(22)2/h4-14H,15-16H2,1-3H3,(H,26,27). The van der Waals surface area contributed by atoms with Gasteiger partial charge in [0.1, 0.15) is 17.2 Å². The van der Waals surface area contributed by atoms with Crippen molar-refractivity contribution in [3.63, 3.8) is 0 Å². The number of esters is 1. The van der Waals surface area contributed by atoms with Crippen LogP contribution in [0.15, 0.2) is 66.7 Å². The van der Waals surface area contributed by atoms with E-state index in [0.29, 0.717) is 17.2 Å². The second-order valence-corrected chi connectivity index (χ2v) is 6.99. The Balaban J connectivity index is 1.63. The zero-order chi connectivity index (χ0) is 22.9. The first-order valence-electron chi connectivity index (χ1n) is 10.0. The van der Waals surface area contributed by atoms with Crippen molar-refractivity contribution in [1.82, 2.24) is 0 Å². The number of nitrogens with one attached hydrogen (secondary N) is 1. The number of ether oxygens (including phenoxy) is 4. The maximum absolute atomic E-state index is 12.4. The monoisotopic (exact) mass is 435 g/mol. The van der Waals surface area contributed by atoms with Crippen LogP contribution in [-0.2, 0) is 9.59 Å². The second kappa shape index (κ2) is 10.9. The summed E-state index contributed by atoms with van der Waals surface area (Å²) in [5, 5.41) is 2.70. The van der Waals surface area contributed by atoms with Gasteiger partial charge < -0.3 is 24.3 Å². The van der Waals surface area contributed by atoms with Gasteiger partial charge >= 0.3 is 5.97 Å². The topological polar surface area (TPSA) is 83.1 Å². The van der Waals surface area contributed by atoms with Gasteiger partial charge in [-0.25, -0.2) is 4.79 Å². The van der Waals surface area contributed by atoms with Crippen molar-refractivity contribution < 1.29 is 28.5 Å². The van der Waals surface area contributed by atoms with Crippen LogP contribution in [-0.4, -0.2) is 32.2 Å². The fourth-order valence-electron chi connectivity index (χ4n) is 2.88. The molecular weight excluding hydrogens is 410 g/mol. The molecule has 0 aliphatic heterocycles. The van der Waals surface area contributed by atoms with Crippen molar-refractivity contribution in [3.8, 4) is 23.0 Å². The van der Waals surface area contributed by atoms with Crippen LogP contribution in [0, 0.1) is 13.8 Å². The highest BCUT2D eigenvalue weighted by molar-refractivity contribution is 5.94. The number of rotatable bonds is 9. The van der Waals surface area contributed by atoms with Crippen molar-refractivity contribution >= 4 is 17.6 Å². The minimum Gasteiger partial charge on any atom is -0.497 e. The van der Waals surface area contributed by atoms with Crippen LogP contribution < -0.4 is 24.3 Å². The van der Waals surface area contributed by atoms with Gasteiger partial charge in [-0.1, -0.05) is 36.4 Å². The Hall–Kier alpha value is -4.00. The van der Waals surface area contributed by atoms with Gasteiger partial charge in [0.05, 0.1) is 12.8 Å². The molecule has 0 spiro atoms. The number of carbonyl (C=O) groups is 2. The fourth-order valence-corrected chi connectivity index (χ4v) is 2.88. The Morgan fingerprint density at radius 2 is 1.38 bits per heavy atom. The fraction of sp³-hybridized carbons (Fsp3) is 0.200. The van der Waals surface area contributed by atoms with E-state index in [-0.39, 0.29) is 24.7 Å². The van der Waals surface area contributed by atoms with Gasteiger partial charge in [0.2, 0.25) is 0 Å². The average molecular weight is 435 g/mol. The van der Waals surface area contributed by atoms with Crippen LogP contribution >= 0.6 is 0 Å². The molecule has 7 nitrogen and oxygen atoms in total. The van der Waals surface area contributed by atoms with E-state index in [2.05, 4.69) is 5.32 Å². The molecule has 0 unspecified atom stereocenters. The summed E-state index contributed by atoms with van der Waals surface area (Å²) in [4.78, 5) is 24.8. The predicted molar refractivity (Wildman–Crippen MR) is 121 cm³/mol. The first-order valence-corrected chi connectivity index (χ1v) is 10.0. The molecule has 0 fully saturated rings. The molecule has 0 saturated carbocycles.